The van der Waals surface area contributed by atoms with Crippen molar-refractivity contribution in [3.05, 3.63) is 57.6 Å². The number of anilines is 2. The van der Waals surface area contributed by atoms with Gasteiger partial charge in [-0.15, -0.1) is 0 Å². The molecule has 0 saturated heterocycles. The largest absolute Gasteiger partial charge is 0.398 e. The van der Waals surface area contributed by atoms with Crippen LogP contribution in [0.15, 0.2) is 36.4 Å². The average molecular weight is 324 g/mol. The summed E-state index contributed by atoms with van der Waals surface area (Å²) in [6, 6.07) is 8.97. The molecule has 0 saturated carbocycles. The first-order valence-electron chi connectivity index (χ1n) is 5.84. The molecule has 108 valence electrons. The van der Waals surface area contributed by atoms with Gasteiger partial charge in [-0.05, 0) is 36.4 Å². The van der Waals surface area contributed by atoms with Crippen molar-refractivity contribution in [2.24, 2.45) is 5.73 Å². The van der Waals surface area contributed by atoms with Gasteiger partial charge in [-0.2, -0.15) is 0 Å². The van der Waals surface area contributed by atoms with Gasteiger partial charge in [0.25, 0.3) is 5.91 Å². The minimum Gasteiger partial charge on any atom is -0.398 e. The summed E-state index contributed by atoms with van der Waals surface area (Å²) in [6.07, 6.45) is 0. The fraction of sp³-hybridized carbons (Fsp3) is 0. The van der Waals surface area contributed by atoms with Crippen LogP contribution in [0.5, 0.6) is 0 Å². The lowest BCUT2D eigenvalue weighted by atomic mass is 10.1. The van der Waals surface area contributed by atoms with Crippen molar-refractivity contribution < 1.29 is 9.59 Å². The third-order valence-corrected chi connectivity index (χ3v) is 3.40. The Labute approximate surface area is 130 Å². The summed E-state index contributed by atoms with van der Waals surface area (Å²) in [5.74, 6) is -1.01. The topological polar surface area (TPSA) is 98.2 Å². The van der Waals surface area contributed by atoms with Crippen molar-refractivity contribution in [1.29, 1.82) is 0 Å². The Morgan fingerprint density at radius 2 is 1.71 bits per heavy atom. The second kappa shape index (κ2) is 6.03. The molecule has 0 fully saturated rings. The van der Waals surface area contributed by atoms with Crippen molar-refractivity contribution in [3.8, 4) is 0 Å². The normalized spacial score (nSPS) is 10.2. The molecule has 0 heterocycles. The Hall–Kier alpha value is -2.24. The molecular formula is C14H11Cl2N3O2. The minimum atomic E-state index is -0.636. The Bertz CT molecular complexity index is 732. The van der Waals surface area contributed by atoms with E-state index in [9.17, 15) is 9.59 Å². The van der Waals surface area contributed by atoms with E-state index in [-0.39, 0.29) is 16.5 Å². The van der Waals surface area contributed by atoms with Crippen molar-refractivity contribution >= 4 is 46.4 Å². The van der Waals surface area contributed by atoms with E-state index in [4.69, 9.17) is 34.7 Å². The minimum absolute atomic E-state index is 0.163. The number of nitrogens with two attached hydrogens (primary N) is 2. The van der Waals surface area contributed by atoms with Crippen molar-refractivity contribution in [2.75, 3.05) is 11.1 Å². The molecule has 2 amide bonds. The van der Waals surface area contributed by atoms with Crippen LogP contribution in [0.1, 0.15) is 20.7 Å². The number of amides is 2. The van der Waals surface area contributed by atoms with Gasteiger partial charge in [-0.25, -0.2) is 0 Å². The van der Waals surface area contributed by atoms with Crippen LogP contribution in [0.2, 0.25) is 10.0 Å². The summed E-state index contributed by atoms with van der Waals surface area (Å²) in [4.78, 5) is 23.1. The molecule has 0 radical (unpaired) electrons. The van der Waals surface area contributed by atoms with Crippen LogP contribution in [0.3, 0.4) is 0 Å². The van der Waals surface area contributed by atoms with Crippen LogP contribution in [0.4, 0.5) is 11.4 Å². The molecule has 0 aliphatic heterocycles. The van der Waals surface area contributed by atoms with Crippen LogP contribution < -0.4 is 16.8 Å². The fourth-order valence-electron chi connectivity index (χ4n) is 1.66. The lowest BCUT2D eigenvalue weighted by Crippen LogP contribution is -2.14. The molecule has 0 aromatic heterocycles. The van der Waals surface area contributed by atoms with Crippen LogP contribution in [0, 0.1) is 0 Å². The monoisotopic (exact) mass is 323 g/mol. The average Bonchev–Trinajstić information content (AvgIpc) is 2.41. The predicted octanol–water partition coefficient (Wildman–Crippen LogP) is 2.93. The zero-order chi connectivity index (χ0) is 15.6. The molecule has 7 heteroatoms. The summed E-state index contributed by atoms with van der Waals surface area (Å²) in [6.45, 7) is 0. The van der Waals surface area contributed by atoms with Gasteiger partial charge in [-0.1, -0.05) is 23.2 Å². The first kappa shape index (κ1) is 15.2. The first-order chi connectivity index (χ1) is 9.88. The van der Waals surface area contributed by atoms with Gasteiger partial charge in [0.2, 0.25) is 5.91 Å². The van der Waals surface area contributed by atoms with Crippen LogP contribution in [-0.4, -0.2) is 11.8 Å². The van der Waals surface area contributed by atoms with Gasteiger partial charge >= 0.3 is 0 Å². The van der Waals surface area contributed by atoms with E-state index in [1.54, 1.807) is 12.1 Å². The van der Waals surface area contributed by atoms with Gasteiger partial charge in [0.05, 0.1) is 21.3 Å². The second-order valence-corrected chi connectivity index (χ2v) is 5.06. The molecule has 2 aromatic carbocycles. The lowest BCUT2D eigenvalue weighted by molar-refractivity contribution is 0.0998. The fourth-order valence-corrected chi connectivity index (χ4v) is 2.12. The van der Waals surface area contributed by atoms with E-state index in [2.05, 4.69) is 5.32 Å². The quantitative estimate of drug-likeness (QED) is 0.757. The zero-order valence-electron chi connectivity index (χ0n) is 10.7. The molecule has 2 aromatic rings. The van der Waals surface area contributed by atoms with E-state index in [0.29, 0.717) is 22.0 Å². The Morgan fingerprint density at radius 3 is 2.29 bits per heavy atom. The number of primary amides is 1. The molecule has 5 nitrogen and oxygen atoms in total. The standard InChI is InChI=1S/C14H11Cl2N3O2/c15-10-6-8(2-3-9(10)13(18)20)19-14(21)7-1-4-12(17)11(16)5-7/h1-6H,17H2,(H2,18,20)(H,19,21). The van der Waals surface area contributed by atoms with E-state index < -0.39 is 5.91 Å². The highest BCUT2D eigenvalue weighted by molar-refractivity contribution is 6.34. The number of rotatable bonds is 3. The molecule has 0 spiro atoms. The summed E-state index contributed by atoms with van der Waals surface area (Å²) < 4.78 is 0. The summed E-state index contributed by atoms with van der Waals surface area (Å²) in [5, 5.41) is 3.10. The van der Waals surface area contributed by atoms with E-state index in [0.717, 1.165) is 0 Å². The SMILES string of the molecule is NC(=O)c1ccc(NC(=O)c2ccc(N)c(Cl)c2)cc1Cl. The molecule has 2 rings (SSSR count). The molecule has 0 aliphatic carbocycles. The maximum Gasteiger partial charge on any atom is 0.255 e. The van der Waals surface area contributed by atoms with Crippen LogP contribution in [0.25, 0.3) is 0 Å². The number of halogens is 2. The Morgan fingerprint density at radius 1 is 1.00 bits per heavy atom. The van der Waals surface area contributed by atoms with E-state index >= 15 is 0 Å². The molecule has 0 unspecified atom stereocenters. The number of benzene rings is 2. The maximum atomic E-state index is 12.1. The predicted molar refractivity (Wildman–Crippen MR) is 83.8 cm³/mol. The summed E-state index contributed by atoms with van der Waals surface area (Å²) in [7, 11) is 0. The van der Waals surface area contributed by atoms with Crippen molar-refractivity contribution in [2.45, 2.75) is 0 Å². The summed E-state index contributed by atoms with van der Waals surface area (Å²) in [5.41, 5.74) is 12.1. The van der Waals surface area contributed by atoms with E-state index in [1.165, 1.54) is 24.3 Å². The van der Waals surface area contributed by atoms with Crippen LogP contribution >= 0.6 is 23.2 Å². The summed E-state index contributed by atoms with van der Waals surface area (Å²) >= 11 is 11.8. The van der Waals surface area contributed by atoms with Crippen LogP contribution in [-0.2, 0) is 0 Å². The van der Waals surface area contributed by atoms with Gasteiger partial charge in [0.1, 0.15) is 0 Å². The number of hydrogen-bond donors (Lipinski definition) is 3. The van der Waals surface area contributed by atoms with Gasteiger partial charge in [0.15, 0.2) is 0 Å². The lowest BCUT2D eigenvalue weighted by Gasteiger charge is -2.08. The Kier molecular flexibility index (Phi) is 4.35. The molecule has 5 N–H and O–H groups in total. The van der Waals surface area contributed by atoms with Crippen molar-refractivity contribution in [3.63, 3.8) is 0 Å². The number of carbonyl (C=O) groups excluding carboxylic acids is 2. The number of carbonyl (C=O) groups is 2. The Balaban J connectivity index is 2.21. The molecule has 0 atom stereocenters. The second-order valence-electron chi connectivity index (χ2n) is 4.25. The number of nitrogen functional groups attached to an aromatic ring is 1. The van der Waals surface area contributed by atoms with Gasteiger partial charge < -0.3 is 16.8 Å². The van der Waals surface area contributed by atoms with E-state index in [1.807, 2.05) is 0 Å². The third kappa shape index (κ3) is 3.45. The van der Waals surface area contributed by atoms with Gasteiger partial charge in [0, 0.05) is 11.3 Å². The first-order valence-corrected chi connectivity index (χ1v) is 6.60. The highest BCUT2D eigenvalue weighted by Gasteiger charge is 2.11. The number of nitrogens with one attached hydrogen (secondary N) is 1. The highest BCUT2D eigenvalue weighted by atomic mass is 35.5. The molecule has 0 aliphatic rings. The maximum absolute atomic E-state index is 12.1. The molecule has 21 heavy (non-hydrogen) atoms. The third-order valence-electron chi connectivity index (χ3n) is 2.76. The molecule has 0 bridgehead atoms. The highest BCUT2D eigenvalue weighted by Crippen LogP contribution is 2.23. The number of hydrogen-bond acceptors (Lipinski definition) is 3. The smallest absolute Gasteiger partial charge is 0.255 e. The van der Waals surface area contributed by atoms with Gasteiger partial charge in [-0.3, -0.25) is 9.59 Å². The molecular weight excluding hydrogens is 313 g/mol. The van der Waals surface area contributed by atoms with Crippen molar-refractivity contribution in [1.82, 2.24) is 0 Å². The zero-order valence-corrected chi connectivity index (χ0v) is 12.2.